The number of halogens is 1. The average Bonchev–Trinajstić information content (AvgIpc) is 3.15. The fraction of sp³-hybridized carbons (Fsp3) is 0.458. The minimum atomic E-state index is -0.162. The minimum Gasteiger partial charge on any atom is -0.469 e. The number of carbonyl (C=O) groups excluding carboxylic acids is 1. The Labute approximate surface area is 166 Å². The molecule has 0 radical (unpaired) electrons. The van der Waals surface area contributed by atoms with Crippen LogP contribution in [0, 0.1) is 11.7 Å². The molecule has 0 amide bonds. The first-order valence-electron chi connectivity index (χ1n) is 10.3. The van der Waals surface area contributed by atoms with Crippen molar-refractivity contribution in [1.82, 2.24) is 4.90 Å². The summed E-state index contributed by atoms with van der Waals surface area (Å²) in [6.45, 7) is 1.93. The Kier molecular flexibility index (Phi) is 5.77. The van der Waals surface area contributed by atoms with Gasteiger partial charge >= 0.3 is 5.97 Å². The number of nitrogens with zero attached hydrogens (tertiary/aromatic N) is 1. The van der Waals surface area contributed by atoms with Gasteiger partial charge in [0.05, 0.1) is 13.0 Å². The molecule has 1 saturated heterocycles. The number of hydrogen-bond acceptors (Lipinski definition) is 3. The molecule has 1 heterocycles. The number of benzene rings is 2. The van der Waals surface area contributed by atoms with Gasteiger partial charge < -0.3 is 4.74 Å². The highest BCUT2D eigenvalue weighted by atomic mass is 19.1. The number of likely N-dealkylation sites (tertiary alicyclic amines) is 1. The predicted octanol–water partition coefficient (Wildman–Crippen LogP) is 4.48. The molecule has 0 bridgehead atoms. The Morgan fingerprint density at radius 2 is 1.82 bits per heavy atom. The summed E-state index contributed by atoms with van der Waals surface area (Å²) >= 11 is 0. The number of rotatable bonds is 5. The van der Waals surface area contributed by atoms with Crippen molar-refractivity contribution >= 4 is 5.97 Å². The molecule has 0 saturated carbocycles. The molecule has 3 nitrogen and oxygen atoms in total. The van der Waals surface area contributed by atoms with Crippen LogP contribution in [0.15, 0.2) is 42.5 Å². The van der Waals surface area contributed by atoms with Crippen LogP contribution >= 0.6 is 0 Å². The lowest BCUT2D eigenvalue weighted by atomic mass is 9.94. The fourth-order valence-electron chi connectivity index (χ4n) is 4.78. The molecule has 1 aliphatic heterocycles. The van der Waals surface area contributed by atoms with E-state index in [1.807, 2.05) is 6.07 Å². The van der Waals surface area contributed by atoms with Gasteiger partial charge in [-0.1, -0.05) is 30.3 Å². The van der Waals surface area contributed by atoms with Crippen molar-refractivity contribution in [2.24, 2.45) is 5.92 Å². The molecule has 1 fully saturated rings. The van der Waals surface area contributed by atoms with E-state index in [1.54, 1.807) is 12.1 Å². The monoisotopic (exact) mass is 381 g/mol. The molecular weight excluding hydrogens is 353 g/mol. The third kappa shape index (κ3) is 4.12. The zero-order chi connectivity index (χ0) is 19.5. The van der Waals surface area contributed by atoms with Crippen molar-refractivity contribution in [2.75, 3.05) is 20.2 Å². The fourth-order valence-corrected chi connectivity index (χ4v) is 4.78. The van der Waals surface area contributed by atoms with E-state index in [9.17, 15) is 9.18 Å². The molecular formula is C24H28FNO2. The van der Waals surface area contributed by atoms with Gasteiger partial charge in [0, 0.05) is 6.04 Å². The summed E-state index contributed by atoms with van der Waals surface area (Å²) in [5.74, 6) is -0.160. The number of fused-ring (bicyclic) bond motifs is 1. The summed E-state index contributed by atoms with van der Waals surface area (Å²) in [6, 6.07) is 14.2. The molecule has 148 valence electrons. The van der Waals surface area contributed by atoms with Crippen LogP contribution in [0.25, 0.3) is 0 Å². The zero-order valence-corrected chi connectivity index (χ0v) is 16.5. The number of methoxy groups -OCH3 is 1. The summed E-state index contributed by atoms with van der Waals surface area (Å²) < 4.78 is 18.3. The van der Waals surface area contributed by atoms with Crippen LogP contribution in [0.5, 0.6) is 0 Å². The largest absolute Gasteiger partial charge is 0.469 e. The molecule has 1 unspecified atom stereocenters. The minimum absolute atomic E-state index is 0.0607. The molecule has 0 spiro atoms. The highest BCUT2D eigenvalue weighted by molar-refractivity contribution is 5.72. The van der Waals surface area contributed by atoms with Crippen molar-refractivity contribution in [1.29, 1.82) is 0 Å². The third-order valence-electron chi connectivity index (χ3n) is 6.35. The van der Waals surface area contributed by atoms with Gasteiger partial charge in [0.2, 0.25) is 0 Å². The van der Waals surface area contributed by atoms with Gasteiger partial charge in [-0.3, -0.25) is 9.69 Å². The third-order valence-corrected chi connectivity index (χ3v) is 6.35. The quantitative estimate of drug-likeness (QED) is 0.715. The zero-order valence-electron chi connectivity index (χ0n) is 16.5. The first-order chi connectivity index (χ1) is 13.6. The Morgan fingerprint density at radius 3 is 2.54 bits per heavy atom. The Hall–Kier alpha value is -2.20. The maximum atomic E-state index is 13.4. The first kappa shape index (κ1) is 19.1. The van der Waals surface area contributed by atoms with Crippen molar-refractivity contribution in [3.05, 3.63) is 70.5 Å². The maximum absolute atomic E-state index is 13.4. The number of ether oxygens (including phenoxy) is 1. The Bertz CT molecular complexity index is 842. The van der Waals surface area contributed by atoms with E-state index in [2.05, 4.69) is 23.1 Å². The van der Waals surface area contributed by atoms with Crippen molar-refractivity contribution in [3.8, 4) is 0 Å². The summed E-state index contributed by atoms with van der Waals surface area (Å²) in [4.78, 5) is 14.3. The normalized spacial score (nSPS) is 20.1. The van der Waals surface area contributed by atoms with Gasteiger partial charge in [0.25, 0.3) is 0 Å². The predicted molar refractivity (Wildman–Crippen MR) is 108 cm³/mol. The van der Waals surface area contributed by atoms with Crippen LogP contribution in [0.3, 0.4) is 0 Å². The van der Waals surface area contributed by atoms with E-state index >= 15 is 0 Å². The van der Waals surface area contributed by atoms with Crippen LogP contribution in [-0.4, -0.2) is 31.1 Å². The van der Waals surface area contributed by atoms with Crippen molar-refractivity contribution in [3.63, 3.8) is 0 Å². The molecule has 1 aliphatic carbocycles. The van der Waals surface area contributed by atoms with Gasteiger partial charge in [-0.15, -0.1) is 0 Å². The number of esters is 1. The van der Waals surface area contributed by atoms with Crippen LogP contribution in [-0.2, 0) is 28.8 Å². The molecule has 2 aromatic rings. The molecule has 4 heteroatoms. The standard InChI is InChI=1S/C24H28FNO2/c1-28-24(27)19-11-13-26(14-12-19)23-10-8-20-15-18(7-9-22(20)23)6-5-17-3-2-4-21(25)16-17/h2-4,7,9,15-16,19,23H,5-6,8,10-14H2,1H3. The van der Waals surface area contributed by atoms with Crippen molar-refractivity contribution in [2.45, 2.75) is 44.6 Å². The van der Waals surface area contributed by atoms with E-state index < -0.39 is 0 Å². The van der Waals surface area contributed by atoms with E-state index in [0.717, 1.165) is 57.2 Å². The smallest absolute Gasteiger partial charge is 0.308 e. The highest BCUT2D eigenvalue weighted by Gasteiger charge is 2.33. The second kappa shape index (κ2) is 8.44. The van der Waals surface area contributed by atoms with E-state index in [4.69, 9.17) is 4.74 Å². The average molecular weight is 381 g/mol. The molecule has 0 N–H and O–H groups in total. The van der Waals surface area contributed by atoms with Gasteiger partial charge in [-0.25, -0.2) is 4.39 Å². The lowest BCUT2D eigenvalue weighted by Gasteiger charge is -2.35. The van der Waals surface area contributed by atoms with Crippen LogP contribution in [0.4, 0.5) is 4.39 Å². The number of piperidine rings is 1. The molecule has 1 atom stereocenters. The Balaban J connectivity index is 1.38. The van der Waals surface area contributed by atoms with E-state index in [-0.39, 0.29) is 17.7 Å². The topological polar surface area (TPSA) is 29.5 Å². The molecule has 2 aliphatic rings. The van der Waals surface area contributed by atoms with Crippen molar-refractivity contribution < 1.29 is 13.9 Å². The van der Waals surface area contributed by atoms with Gasteiger partial charge in [0.1, 0.15) is 5.82 Å². The van der Waals surface area contributed by atoms with Crippen LogP contribution in [0.2, 0.25) is 0 Å². The van der Waals surface area contributed by atoms with Gasteiger partial charge in [-0.2, -0.15) is 0 Å². The second-order valence-corrected chi connectivity index (χ2v) is 8.05. The second-order valence-electron chi connectivity index (χ2n) is 8.05. The molecule has 28 heavy (non-hydrogen) atoms. The SMILES string of the molecule is COC(=O)C1CCN(C2CCc3cc(CCc4cccc(F)c4)ccc32)CC1. The summed E-state index contributed by atoms with van der Waals surface area (Å²) in [5.41, 5.74) is 5.28. The van der Waals surface area contributed by atoms with E-state index in [0.29, 0.717) is 6.04 Å². The van der Waals surface area contributed by atoms with Gasteiger partial charge in [-0.05, 0) is 86.0 Å². The molecule has 4 rings (SSSR count). The highest BCUT2D eigenvalue weighted by Crippen LogP contribution is 2.38. The summed E-state index contributed by atoms with van der Waals surface area (Å²) in [6.07, 6.45) is 5.86. The van der Waals surface area contributed by atoms with Crippen LogP contribution in [0.1, 0.15) is 47.6 Å². The maximum Gasteiger partial charge on any atom is 0.308 e. The Morgan fingerprint density at radius 1 is 1.07 bits per heavy atom. The van der Waals surface area contributed by atoms with E-state index in [1.165, 1.54) is 29.9 Å². The lowest BCUT2D eigenvalue weighted by molar-refractivity contribution is -0.147. The summed E-state index contributed by atoms with van der Waals surface area (Å²) in [5, 5.41) is 0. The molecule has 0 aromatic heterocycles. The molecule has 2 aromatic carbocycles. The van der Waals surface area contributed by atoms with Gasteiger partial charge in [0.15, 0.2) is 0 Å². The summed E-state index contributed by atoms with van der Waals surface area (Å²) in [7, 11) is 1.48. The van der Waals surface area contributed by atoms with Crippen LogP contribution < -0.4 is 0 Å². The lowest BCUT2D eigenvalue weighted by Crippen LogP contribution is -2.38. The first-order valence-corrected chi connectivity index (χ1v) is 10.3. The number of aryl methyl sites for hydroxylation is 3. The number of hydrogen-bond donors (Lipinski definition) is 0. The number of carbonyl (C=O) groups is 1.